The molecule has 3 aromatic carbocycles. The van der Waals surface area contributed by atoms with Crippen LogP contribution in [0.3, 0.4) is 0 Å². The number of esters is 1. The molecule has 0 amide bonds. The first-order valence-corrected chi connectivity index (χ1v) is 15.4. The summed E-state index contributed by atoms with van der Waals surface area (Å²) >= 11 is 0. The molecule has 7 N–H and O–H groups in total. The van der Waals surface area contributed by atoms with Crippen LogP contribution in [0.1, 0.15) is 43.0 Å². The minimum atomic E-state index is -1.92. The van der Waals surface area contributed by atoms with Crippen molar-refractivity contribution < 1.29 is 59.2 Å². The fourth-order valence-electron chi connectivity index (χ4n) is 5.79. The maximum atomic E-state index is 13.7. The first kappa shape index (κ1) is 35.2. The van der Waals surface area contributed by atoms with Crippen LogP contribution in [0.15, 0.2) is 57.2 Å². The molecule has 2 heterocycles. The number of hydrogen-bond donors (Lipinski definition) is 7. The van der Waals surface area contributed by atoms with E-state index in [4.69, 9.17) is 18.6 Å². The van der Waals surface area contributed by atoms with Gasteiger partial charge in [-0.2, -0.15) is 0 Å². The fourth-order valence-corrected chi connectivity index (χ4v) is 5.79. The van der Waals surface area contributed by atoms with E-state index in [0.29, 0.717) is 16.7 Å². The number of aryl methyl sites for hydroxylation is 1. The fraction of sp³-hybridized carbons (Fsp3) is 0.333. The van der Waals surface area contributed by atoms with Crippen molar-refractivity contribution in [2.24, 2.45) is 0 Å². The number of benzene rings is 3. The van der Waals surface area contributed by atoms with Gasteiger partial charge >= 0.3 is 5.97 Å². The van der Waals surface area contributed by atoms with E-state index < -0.39 is 65.5 Å². The summed E-state index contributed by atoms with van der Waals surface area (Å²) in [5.41, 5.74) is 2.71. The van der Waals surface area contributed by atoms with Gasteiger partial charge in [-0.1, -0.05) is 0 Å². The smallest absolute Gasteiger partial charge is 0.334 e. The van der Waals surface area contributed by atoms with Crippen molar-refractivity contribution >= 4 is 22.5 Å². The molecule has 0 bridgehead atoms. The van der Waals surface area contributed by atoms with E-state index >= 15 is 0 Å². The van der Waals surface area contributed by atoms with Crippen LogP contribution in [0.4, 0.5) is 0 Å². The summed E-state index contributed by atoms with van der Waals surface area (Å²) in [5.74, 6) is -2.52. The quantitative estimate of drug-likeness (QED) is 0.109. The molecule has 1 aliphatic rings. The zero-order chi connectivity index (χ0) is 36.1. The number of aliphatic hydroxyl groups excluding tert-OH is 3. The molecule has 4 aromatic rings. The predicted molar refractivity (Wildman–Crippen MR) is 176 cm³/mol. The van der Waals surface area contributed by atoms with Crippen LogP contribution < -0.4 is 10.2 Å². The molecule has 260 valence electrons. The highest BCUT2D eigenvalue weighted by Crippen LogP contribution is 2.38. The lowest BCUT2D eigenvalue weighted by atomic mass is 9.92. The third kappa shape index (κ3) is 6.53. The number of fused-ring (bicyclic) bond motifs is 1. The summed E-state index contributed by atoms with van der Waals surface area (Å²) in [5, 5.41) is 72.7. The number of phenolic OH excluding ortho intramolecular Hbond substituents is 4. The first-order chi connectivity index (χ1) is 23.0. The summed E-state index contributed by atoms with van der Waals surface area (Å²) in [6, 6.07) is 9.21. The van der Waals surface area contributed by atoms with Crippen molar-refractivity contribution in [2.45, 2.75) is 78.4 Å². The maximum absolute atomic E-state index is 13.7. The zero-order valence-corrected chi connectivity index (χ0v) is 27.6. The lowest BCUT2D eigenvalue weighted by Gasteiger charge is -2.42. The highest BCUT2D eigenvalue weighted by atomic mass is 16.7. The number of aliphatic hydroxyl groups is 3. The Morgan fingerprint density at radius 3 is 2.16 bits per heavy atom. The molecule has 49 heavy (non-hydrogen) atoms. The van der Waals surface area contributed by atoms with Crippen molar-refractivity contribution in [3.8, 4) is 40.1 Å². The average Bonchev–Trinajstić information content (AvgIpc) is 3.05. The molecule has 5 unspecified atom stereocenters. The van der Waals surface area contributed by atoms with Gasteiger partial charge in [0.05, 0.1) is 0 Å². The number of hydrogen-bond acceptors (Lipinski definition) is 13. The second kappa shape index (κ2) is 13.4. The summed E-state index contributed by atoms with van der Waals surface area (Å²) < 4.78 is 23.2. The molecule has 13 nitrogen and oxygen atoms in total. The molecule has 0 spiro atoms. The lowest BCUT2D eigenvalue weighted by Crippen LogP contribution is -2.62. The second-order valence-corrected chi connectivity index (χ2v) is 12.2. The van der Waals surface area contributed by atoms with Gasteiger partial charge in [0.1, 0.15) is 64.5 Å². The van der Waals surface area contributed by atoms with Crippen LogP contribution in [0, 0.1) is 20.8 Å². The normalized spacial score (nSPS) is 22.0. The average molecular weight is 679 g/mol. The molecule has 1 aliphatic heterocycles. The van der Waals surface area contributed by atoms with Crippen LogP contribution in [0.2, 0.25) is 0 Å². The van der Waals surface area contributed by atoms with Gasteiger partial charge in [-0.25, -0.2) is 4.79 Å². The van der Waals surface area contributed by atoms with E-state index in [1.807, 2.05) is 6.92 Å². The number of aromatic hydroxyl groups is 4. The van der Waals surface area contributed by atoms with Gasteiger partial charge in [0.15, 0.2) is 5.76 Å². The van der Waals surface area contributed by atoms with Gasteiger partial charge in [-0.05, 0) is 99.7 Å². The predicted octanol–water partition coefficient (Wildman–Crippen LogP) is 3.82. The molecular formula is C36H38O13. The Morgan fingerprint density at radius 1 is 0.857 bits per heavy atom. The summed E-state index contributed by atoms with van der Waals surface area (Å²) in [6.07, 6.45) is -10.1. The van der Waals surface area contributed by atoms with E-state index in [2.05, 4.69) is 0 Å². The topological polar surface area (TPSA) is 217 Å². The number of phenols is 4. The minimum Gasteiger partial charge on any atom is -0.508 e. The first-order valence-electron chi connectivity index (χ1n) is 15.4. The highest BCUT2D eigenvalue weighted by molar-refractivity contribution is 5.97. The van der Waals surface area contributed by atoms with Crippen LogP contribution in [0.5, 0.6) is 28.7 Å². The monoisotopic (exact) mass is 678 g/mol. The molecule has 1 aromatic heterocycles. The number of ether oxygens (including phenoxy) is 3. The van der Waals surface area contributed by atoms with Crippen molar-refractivity contribution in [3.63, 3.8) is 0 Å². The molecule has 0 radical (unpaired) electrons. The van der Waals surface area contributed by atoms with Crippen molar-refractivity contribution in [1.29, 1.82) is 0 Å². The SMILES string of the molecule is C/C(C(=O)O[C@H](C)C1OC(Oc2c(-c3ccc(O)cc3)oc3cc(O)cc(O)c3c2=O)C(O)C(O)C1O)=C(/C)c1cc(C)c(O)c(C)c1C. The Bertz CT molecular complexity index is 2010. The summed E-state index contributed by atoms with van der Waals surface area (Å²) in [7, 11) is 0. The molecular weight excluding hydrogens is 640 g/mol. The van der Waals surface area contributed by atoms with Crippen LogP contribution in [0.25, 0.3) is 27.9 Å². The largest absolute Gasteiger partial charge is 0.508 e. The Hall–Kier alpha value is -5.08. The van der Waals surface area contributed by atoms with E-state index in [1.165, 1.54) is 31.2 Å². The number of rotatable bonds is 7. The van der Waals surface area contributed by atoms with Gasteiger partial charge in [-0.15, -0.1) is 0 Å². The molecule has 5 rings (SSSR count). The zero-order valence-electron chi connectivity index (χ0n) is 27.6. The third-order valence-corrected chi connectivity index (χ3v) is 8.97. The van der Waals surface area contributed by atoms with E-state index in [-0.39, 0.29) is 39.4 Å². The minimum absolute atomic E-state index is 0.0946. The van der Waals surface area contributed by atoms with Gasteiger partial charge < -0.3 is 54.4 Å². The number of carbonyl (C=O) groups is 1. The van der Waals surface area contributed by atoms with Gasteiger partial charge in [-0.3, -0.25) is 4.79 Å². The van der Waals surface area contributed by atoms with E-state index in [1.54, 1.807) is 33.8 Å². The van der Waals surface area contributed by atoms with Crippen LogP contribution in [-0.4, -0.2) is 78.5 Å². The molecule has 0 saturated carbocycles. The summed E-state index contributed by atoms with van der Waals surface area (Å²) in [6.45, 7) is 10.0. The maximum Gasteiger partial charge on any atom is 0.334 e. The Kier molecular flexibility index (Phi) is 9.66. The summed E-state index contributed by atoms with van der Waals surface area (Å²) in [4.78, 5) is 27.0. The van der Waals surface area contributed by atoms with Gasteiger partial charge in [0.25, 0.3) is 0 Å². The molecule has 6 atom stereocenters. The second-order valence-electron chi connectivity index (χ2n) is 12.2. The van der Waals surface area contributed by atoms with Crippen molar-refractivity contribution in [2.75, 3.05) is 0 Å². The van der Waals surface area contributed by atoms with Crippen molar-refractivity contribution in [1.82, 2.24) is 0 Å². The number of allylic oxidation sites excluding steroid dienone is 1. The van der Waals surface area contributed by atoms with E-state index in [0.717, 1.165) is 23.3 Å². The van der Waals surface area contributed by atoms with Crippen LogP contribution in [-0.2, 0) is 14.3 Å². The standard InChI is InChI=1S/C36H38O13/c1-14-11-23(15(2)17(4)27(14)40)16(3)18(5)35(45)46-19(6)32-30(43)29(42)31(44)36(48-32)49-34-28(41)26-24(39)12-22(38)13-25(26)47-33(34)20-7-9-21(37)10-8-20/h7-13,19,29-32,36-40,42-44H,1-6H3/b18-16+/t19-,29?,30?,31?,32?,36?/m1/s1. The molecule has 13 heteroatoms. The molecule has 0 aliphatic carbocycles. The molecule has 1 saturated heterocycles. The van der Waals surface area contributed by atoms with Crippen molar-refractivity contribution in [3.05, 3.63) is 80.5 Å². The van der Waals surface area contributed by atoms with Gasteiger partial charge in [0, 0.05) is 23.3 Å². The lowest BCUT2D eigenvalue weighted by molar-refractivity contribution is -0.287. The highest BCUT2D eigenvalue weighted by Gasteiger charge is 2.48. The third-order valence-electron chi connectivity index (χ3n) is 8.97. The van der Waals surface area contributed by atoms with Crippen LogP contribution >= 0.6 is 0 Å². The Balaban J connectivity index is 1.47. The van der Waals surface area contributed by atoms with Gasteiger partial charge in [0.2, 0.25) is 17.5 Å². The Labute approximate surface area is 280 Å². The number of carbonyl (C=O) groups excluding carboxylic acids is 1. The van der Waals surface area contributed by atoms with E-state index in [9.17, 15) is 45.3 Å². The Morgan fingerprint density at radius 2 is 1.51 bits per heavy atom. The molecule has 1 fully saturated rings.